The van der Waals surface area contributed by atoms with Gasteiger partial charge in [0.05, 0.1) is 52.9 Å². The molecule has 194 valence electrons. The van der Waals surface area contributed by atoms with Crippen LogP contribution in [0.4, 0.5) is 0 Å². The zero-order valence-corrected chi connectivity index (χ0v) is 19.5. The van der Waals surface area contributed by atoms with E-state index in [1.807, 2.05) is 12.1 Å². The Bertz CT molecular complexity index is 854. The van der Waals surface area contributed by atoms with E-state index < -0.39 is 0 Å². The number of furan rings is 1. The Morgan fingerprint density at radius 1 is 0.600 bits per heavy atom. The van der Waals surface area contributed by atoms with Crippen molar-refractivity contribution in [1.82, 2.24) is 0 Å². The van der Waals surface area contributed by atoms with Gasteiger partial charge in [-0.2, -0.15) is 0 Å². The maximum Gasteiger partial charge on any atom is 0.129 e. The van der Waals surface area contributed by atoms with Gasteiger partial charge < -0.3 is 51.8 Å². The predicted octanol–water partition coefficient (Wildman–Crippen LogP) is 0.213. The highest BCUT2D eigenvalue weighted by Gasteiger charge is 2.58. The van der Waals surface area contributed by atoms with Gasteiger partial charge in [-0.05, 0) is 12.1 Å². The van der Waals surface area contributed by atoms with E-state index >= 15 is 0 Å². The highest BCUT2D eigenvalue weighted by Crippen LogP contribution is 2.40. The number of rotatable bonds is 15. The lowest BCUT2D eigenvalue weighted by Crippen LogP contribution is -2.35. The smallest absolute Gasteiger partial charge is 0.129 e. The minimum atomic E-state index is -0.0968. The van der Waals surface area contributed by atoms with Crippen LogP contribution in [-0.4, -0.2) is 114 Å². The maximum atomic E-state index is 6.08. The summed E-state index contributed by atoms with van der Waals surface area (Å²) in [5.74, 6) is 1.56. The van der Waals surface area contributed by atoms with E-state index in [4.69, 9.17) is 51.8 Å². The highest BCUT2D eigenvalue weighted by atomic mass is 16.7. The summed E-state index contributed by atoms with van der Waals surface area (Å²) in [6, 6.07) is 3.83. The molecule has 6 aliphatic heterocycles. The van der Waals surface area contributed by atoms with Crippen molar-refractivity contribution in [1.29, 1.82) is 0 Å². The quantitative estimate of drug-likeness (QED) is 0.310. The monoisotopic (exact) mass is 496 g/mol. The Morgan fingerprint density at radius 3 is 1.77 bits per heavy atom. The molecule has 0 spiro atoms. The van der Waals surface area contributed by atoms with Crippen LogP contribution in [0.2, 0.25) is 0 Å². The van der Waals surface area contributed by atoms with Gasteiger partial charge in [-0.15, -0.1) is 0 Å². The SMILES string of the molecule is c1cc(COCC2OC2C2OC2COC2COC3C(OCC4CO4)COC23)oc1COCC1CO1. The van der Waals surface area contributed by atoms with Crippen molar-refractivity contribution in [3.8, 4) is 0 Å². The second-order valence-corrected chi connectivity index (χ2v) is 9.93. The van der Waals surface area contributed by atoms with Gasteiger partial charge in [0.15, 0.2) is 0 Å². The molecule has 0 saturated carbocycles. The summed E-state index contributed by atoms with van der Waals surface area (Å²) in [5, 5.41) is 0. The van der Waals surface area contributed by atoms with E-state index in [1.165, 1.54) is 0 Å². The molecular formula is C24H32O11. The van der Waals surface area contributed by atoms with Crippen molar-refractivity contribution in [2.45, 2.75) is 74.3 Å². The number of hydrogen-bond donors (Lipinski definition) is 0. The predicted molar refractivity (Wildman–Crippen MR) is 114 cm³/mol. The van der Waals surface area contributed by atoms with Gasteiger partial charge in [-0.3, -0.25) is 0 Å². The Morgan fingerprint density at radius 2 is 1.14 bits per heavy atom. The van der Waals surface area contributed by atoms with Crippen LogP contribution in [0.25, 0.3) is 0 Å². The molecule has 7 heterocycles. The van der Waals surface area contributed by atoms with E-state index in [-0.39, 0.29) is 61.0 Å². The Kier molecular flexibility index (Phi) is 6.56. The first kappa shape index (κ1) is 23.0. The van der Waals surface area contributed by atoms with Gasteiger partial charge >= 0.3 is 0 Å². The first-order valence-electron chi connectivity index (χ1n) is 12.5. The topological polar surface area (TPSA) is 119 Å². The molecule has 0 N–H and O–H groups in total. The third kappa shape index (κ3) is 5.74. The second kappa shape index (κ2) is 9.97. The Balaban J connectivity index is 0.762. The van der Waals surface area contributed by atoms with Crippen LogP contribution in [0.15, 0.2) is 16.5 Å². The number of epoxide rings is 4. The minimum absolute atomic E-state index is 0.0400. The highest BCUT2D eigenvalue weighted by molar-refractivity contribution is 5.06. The van der Waals surface area contributed by atoms with Crippen molar-refractivity contribution in [2.24, 2.45) is 0 Å². The summed E-state index contributed by atoms with van der Waals surface area (Å²) in [6.07, 6.45) is 0.398. The third-order valence-electron chi connectivity index (χ3n) is 7.10. The van der Waals surface area contributed by atoms with Crippen LogP contribution >= 0.6 is 0 Å². The zero-order chi connectivity index (χ0) is 23.2. The van der Waals surface area contributed by atoms with Crippen LogP contribution in [-0.2, 0) is 60.6 Å². The van der Waals surface area contributed by atoms with Crippen LogP contribution in [0, 0.1) is 0 Å². The Labute approximate surface area is 203 Å². The normalized spacial score (nSPS) is 42.9. The fraction of sp³-hybridized carbons (Fsp3) is 0.833. The molecule has 0 radical (unpaired) electrons. The standard InChI is InChI=1S/C24H32O11/c1-2-14(33-13(1)3-25-5-15-6-27-15)4-26-9-19-23(34-19)24-20(35-24)12-30-18-11-32-21-17(10-31-22(18)21)29-8-16-7-28-16/h1-2,15-24H,3-12H2. The molecular weight excluding hydrogens is 464 g/mol. The van der Waals surface area contributed by atoms with E-state index in [9.17, 15) is 0 Å². The van der Waals surface area contributed by atoms with Crippen molar-refractivity contribution in [2.75, 3.05) is 52.9 Å². The third-order valence-corrected chi connectivity index (χ3v) is 7.10. The molecule has 0 bridgehead atoms. The van der Waals surface area contributed by atoms with Crippen molar-refractivity contribution < 1.29 is 51.8 Å². The summed E-state index contributed by atoms with van der Waals surface area (Å²) in [4.78, 5) is 0. The minimum Gasteiger partial charge on any atom is -0.461 e. The Hall–Kier alpha value is -1.12. The van der Waals surface area contributed by atoms with E-state index in [2.05, 4.69) is 0 Å². The first-order chi connectivity index (χ1) is 17.3. The molecule has 0 amide bonds. The molecule has 6 fully saturated rings. The molecule has 7 rings (SSSR count). The van der Waals surface area contributed by atoms with E-state index in [0.717, 1.165) is 24.7 Å². The molecule has 10 unspecified atom stereocenters. The fourth-order valence-electron chi connectivity index (χ4n) is 4.80. The molecule has 11 heteroatoms. The summed E-state index contributed by atoms with van der Waals surface area (Å²) in [6.45, 7) is 5.69. The van der Waals surface area contributed by atoms with Crippen molar-refractivity contribution in [3.63, 3.8) is 0 Å². The number of ether oxygens (including phenoxy) is 10. The molecule has 1 aromatic heterocycles. The molecule has 0 aliphatic carbocycles. The van der Waals surface area contributed by atoms with Crippen LogP contribution in [0.3, 0.4) is 0 Å². The lowest BCUT2D eigenvalue weighted by Gasteiger charge is -2.17. The molecule has 1 aromatic rings. The average molecular weight is 497 g/mol. The van der Waals surface area contributed by atoms with Gasteiger partial charge in [-0.1, -0.05) is 0 Å². The summed E-state index contributed by atoms with van der Waals surface area (Å²) >= 11 is 0. The van der Waals surface area contributed by atoms with Crippen molar-refractivity contribution >= 4 is 0 Å². The number of hydrogen-bond acceptors (Lipinski definition) is 11. The van der Waals surface area contributed by atoms with Gasteiger partial charge in [0.2, 0.25) is 0 Å². The van der Waals surface area contributed by atoms with Crippen molar-refractivity contribution in [3.05, 3.63) is 23.7 Å². The summed E-state index contributed by atoms with van der Waals surface area (Å²) < 4.78 is 62.7. The summed E-state index contributed by atoms with van der Waals surface area (Å²) in [7, 11) is 0. The van der Waals surface area contributed by atoms with Gasteiger partial charge in [0.1, 0.15) is 85.8 Å². The zero-order valence-electron chi connectivity index (χ0n) is 19.5. The second-order valence-electron chi connectivity index (χ2n) is 9.93. The van der Waals surface area contributed by atoms with E-state index in [1.54, 1.807) is 0 Å². The largest absolute Gasteiger partial charge is 0.461 e. The molecule has 0 aromatic carbocycles. The average Bonchev–Trinajstić information content (AvgIpc) is 3.69. The van der Waals surface area contributed by atoms with Gasteiger partial charge in [0.25, 0.3) is 0 Å². The van der Waals surface area contributed by atoms with Crippen LogP contribution < -0.4 is 0 Å². The molecule has 35 heavy (non-hydrogen) atoms. The van der Waals surface area contributed by atoms with Crippen LogP contribution in [0.1, 0.15) is 11.5 Å². The summed E-state index contributed by atoms with van der Waals surface area (Å²) in [5.41, 5.74) is 0. The lowest BCUT2D eigenvalue weighted by molar-refractivity contribution is -0.0541. The van der Waals surface area contributed by atoms with Gasteiger partial charge in [0, 0.05) is 0 Å². The molecule has 10 atom stereocenters. The molecule has 6 aliphatic rings. The van der Waals surface area contributed by atoms with Crippen LogP contribution in [0.5, 0.6) is 0 Å². The van der Waals surface area contributed by atoms with Gasteiger partial charge in [-0.25, -0.2) is 0 Å². The fourth-order valence-corrected chi connectivity index (χ4v) is 4.80. The molecule has 6 saturated heterocycles. The van der Waals surface area contributed by atoms with E-state index in [0.29, 0.717) is 52.9 Å². The maximum absolute atomic E-state index is 6.08. The molecule has 11 nitrogen and oxygen atoms in total. The lowest BCUT2D eigenvalue weighted by atomic mass is 10.1. The first-order valence-corrected chi connectivity index (χ1v) is 12.5. The number of fused-ring (bicyclic) bond motifs is 1.